The van der Waals surface area contributed by atoms with Crippen LogP contribution in [0.15, 0.2) is 24.8 Å². The van der Waals surface area contributed by atoms with Gasteiger partial charge in [-0.15, -0.1) is 13.2 Å². The zero-order valence-corrected chi connectivity index (χ0v) is 21.9. The Morgan fingerprint density at radius 2 is 1.52 bits per heavy atom. The number of rotatable bonds is 4. The zero-order valence-electron chi connectivity index (χ0n) is 21.9. The van der Waals surface area contributed by atoms with Crippen LogP contribution in [0.1, 0.15) is 127 Å². The fourth-order valence-electron chi connectivity index (χ4n) is 7.60. The molecule has 3 aliphatic rings. The summed E-state index contributed by atoms with van der Waals surface area (Å²) in [6, 6.07) is 0. The summed E-state index contributed by atoms with van der Waals surface area (Å²) in [5, 5.41) is 0. The van der Waals surface area contributed by atoms with Crippen LogP contribution < -0.4 is 0 Å². The molecular weight excluding hydrogens is 348 g/mol. The highest BCUT2D eigenvalue weighted by atomic mass is 14.6. The van der Waals surface area contributed by atoms with E-state index in [4.69, 9.17) is 0 Å². The van der Waals surface area contributed by atoms with E-state index in [1.807, 2.05) is 27.7 Å². The van der Waals surface area contributed by atoms with E-state index in [9.17, 15) is 0 Å². The summed E-state index contributed by atoms with van der Waals surface area (Å²) in [5.41, 5.74) is 2.99. The highest BCUT2D eigenvalue weighted by Crippen LogP contribution is 2.66. The summed E-state index contributed by atoms with van der Waals surface area (Å²) < 4.78 is 0. The van der Waals surface area contributed by atoms with E-state index in [-0.39, 0.29) is 0 Å². The van der Waals surface area contributed by atoms with Crippen molar-refractivity contribution in [2.75, 3.05) is 0 Å². The monoisotopic (exact) mass is 404 g/mol. The molecule has 0 heterocycles. The lowest BCUT2D eigenvalue weighted by Gasteiger charge is -2.57. The highest BCUT2D eigenvalue weighted by molar-refractivity contribution is 5.21. The van der Waals surface area contributed by atoms with Crippen LogP contribution in [0.3, 0.4) is 0 Å². The van der Waals surface area contributed by atoms with Gasteiger partial charge in [-0.1, -0.05) is 86.3 Å². The predicted molar refractivity (Wildman–Crippen MR) is 135 cm³/mol. The zero-order chi connectivity index (χ0) is 22.7. The quantitative estimate of drug-likeness (QED) is 0.409. The molecule has 0 bridgehead atoms. The van der Waals surface area contributed by atoms with Crippen LogP contribution in [-0.2, 0) is 0 Å². The SMILES string of the molecule is C/C=C1/CCC2C(CCC3(C)C(CCC)CCC23)C1(C)CCC.C=C.CC.CC. The molecule has 3 saturated carbocycles. The van der Waals surface area contributed by atoms with Gasteiger partial charge in [0.25, 0.3) is 0 Å². The van der Waals surface area contributed by atoms with Gasteiger partial charge in [0.1, 0.15) is 0 Å². The van der Waals surface area contributed by atoms with Gasteiger partial charge in [0.05, 0.1) is 0 Å². The summed E-state index contributed by atoms with van der Waals surface area (Å²) in [7, 11) is 0. The molecule has 0 aliphatic heterocycles. The van der Waals surface area contributed by atoms with Crippen molar-refractivity contribution in [2.45, 2.75) is 127 Å². The van der Waals surface area contributed by atoms with E-state index < -0.39 is 0 Å². The first-order chi connectivity index (χ1) is 14.0. The molecule has 172 valence electrons. The van der Waals surface area contributed by atoms with E-state index in [0.29, 0.717) is 10.8 Å². The number of hydrogen-bond donors (Lipinski definition) is 0. The second-order valence-electron chi connectivity index (χ2n) is 9.50. The van der Waals surface area contributed by atoms with Crippen molar-refractivity contribution in [3.05, 3.63) is 24.8 Å². The van der Waals surface area contributed by atoms with Gasteiger partial charge in [0, 0.05) is 0 Å². The van der Waals surface area contributed by atoms with Gasteiger partial charge >= 0.3 is 0 Å². The van der Waals surface area contributed by atoms with E-state index in [0.717, 1.165) is 23.7 Å². The Kier molecular flexibility index (Phi) is 13.5. The highest BCUT2D eigenvalue weighted by Gasteiger charge is 2.57. The summed E-state index contributed by atoms with van der Waals surface area (Å²) in [6.45, 7) is 26.4. The Labute approximate surface area is 186 Å². The lowest BCUT2D eigenvalue weighted by Crippen LogP contribution is -2.49. The summed E-state index contributed by atoms with van der Waals surface area (Å²) in [4.78, 5) is 0. The number of allylic oxidation sites excluding steroid dienone is 2. The molecule has 0 nitrogen and oxygen atoms in total. The van der Waals surface area contributed by atoms with Crippen molar-refractivity contribution in [1.82, 2.24) is 0 Å². The lowest BCUT2D eigenvalue weighted by molar-refractivity contribution is -0.0502. The molecule has 6 unspecified atom stereocenters. The largest absolute Gasteiger partial charge is 0.106 e. The second-order valence-corrected chi connectivity index (χ2v) is 9.50. The van der Waals surface area contributed by atoms with Crippen LogP contribution in [0.25, 0.3) is 0 Å². The molecule has 6 atom stereocenters. The van der Waals surface area contributed by atoms with Crippen LogP contribution in [-0.4, -0.2) is 0 Å². The van der Waals surface area contributed by atoms with Crippen molar-refractivity contribution in [3.8, 4) is 0 Å². The van der Waals surface area contributed by atoms with E-state index in [1.54, 1.807) is 5.57 Å². The molecule has 0 spiro atoms. The van der Waals surface area contributed by atoms with Gasteiger partial charge < -0.3 is 0 Å². The molecule has 3 fully saturated rings. The third kappa shape index (κ3) is 5.59. The van der Waals surface area contributed by atoms with Gasteiger partial charge in [0.2, 0.25) is 0 Å². The van der Waals surface area contributed by atoms with E-state index in [1.165, 1.54) is 64.2 Å². The minimum absolute atomic E-state index is 0.511. The Morgan fingerprint density at radius 3 is 2.03 bits per heavy atom. The average Bonchev–Trinajstić information content (AvgIpc) is 3.10. The summed E-state index contributed by atoms with van der Waals surface area (Å²) in [6.07, 6.45) is 17.1. The Morgan fingerprint density at radius 1 is 0.897 bits per heavy atom. The van der Waals surface area contributed by atoms with Crippen LogP contribution >= 0.6 is 0 Å². The molecule has 0 N–H and O–H groups in total. The molecular formula is C29H56. The normalized spacial score (nSPS) is 38.9. The summed E-state index contributed by atoms with van der Waals surface area (Å²) >= 11 is 0. The fraction of sp³-hybridized carbons (Fsp3) is 0.862. The molecule has 0 amide bonds. The van der Waals surface area contributed by atoms with Crippen LogP contribution in [0.2, 0.25) is 0 Å². The third-order valence-corrected chi connectivity index (χ3v) is 8.69. The smallest absolute Gasteiger partial charge is 0.00856 e. The fourth-order valence-corrected chi connectivity index (χ4v) is 7.60. The number of hydrogen-bond acceptors (Lipinski definition) is 0. The first-order valence-electron chi connectivity index (χ1n) is 13.2. The Bertz CT molecular complexity index is 461. The molecule has 0 aromatic rings. The minimum atomic E-state index is 0.511. The first kappa shape index (κ1) is 28.5. The van der Waals surface area contributed by atoms with Crippen molar-refractivity contribution in [1.29, 1.82) is 0 Å². The first-order valence-corrected chi connectivity index (χ1v) is 13.2. The molecule has 0 aromatic carbocycles. The summed E-state index contributed by atoms with van der Waals surface area (Å²) in [5.74, 6) is 4.06. The van der Waals surface area contributed by atoms with Crippen molar-refractivity contribution >= 4 is 0 Å². The average molecular weight is 405 g/mol. The second kappa shape index (κ2) is 13.7. The predicted octanol–water partition coefficient (Wildman–Crippen LogP) is 10.2. The molecule has 0 aromatic heterocycles. The maximum atomic E-state index is 3.00. The number of fused-ring (bicyclic) bond motifs is 3. The van der Waals surface area contributed by atoms with Crippen LogP contribution in [0.5, 0.6) is 0 Å². The maximum Gasteiger partial charge on any atom is -0.00856 e. The molecule has 0 saturated heterocycles. The third-order valence-electron chi connectivity index (χ3n) is 8.69. The van der Waals surface area contributed by atoms with Crippen LogP contribution in [0.4, 0.5) is 0 Å². The van der Waals surface area contributed by atoms with Gasteiger partial charge in [0.15, 0.2) is 0 Å². The molecule has 3 aliphatic carbocycles. The van der Waals surface area contributed by atoms with Gasteiger partial charge in [-0.2, -0.15) is 0 Å². The minimum Gasteiger partial charge on any atom is -0.106 e. The van der Waals surface area contributed by atoms with Gasteiger partial charge in [-0.3, -0.25) is 0 Å². The van der Waals surface area contributed by atoms with Gasteiger partial charge in [-0.25, -0.2) is 0 Å². The molecule has 29 heavy (non-hydrogen) atoms. The van der Waals surface area contributed by atoms with Gasteiger partial charge in [-0.05, 0) is 86.4 Å². The maximum absolute atomic E-state index is 3.00. The topological polar surface area (TPSA) is 0 Å². The van der Waals surface area contributed by atoms with Crippen molar-refractivity contribution < 1.29 is 0 Å². The molecule has 3 rings (SSSR count). The Balaban J connectivity index is 0.00000120. The van der Waals surface area contributed by atoms with Crippen LogP contribution in [0, 0.1) is 34.5 Å². The Hall–Kier alpha value is -0.520. The molecule has 0 radical (unpaired) electrons. The van der Waals surface area contributed by atoms with E-state index in [2.05, 4.69) is 53.9 Å². The van der Waals surface area contributed by atoms with Crippen molar-refractivity contribution in [3.63, 3.8) is 0 Å². The standard InChI is InChI=1S/C23H40.2C2H6.C2H4/c1-6-9-18-11-13-20-19-12-10-17(8-3)22(4,15-7-2)21(19)14-16-23(18,20)5;3*1-2/h8,18-21H,6-7,9-16H2,1-5H3;2*1-2H3;1-2H2/b17-8-;;;. The molecule has 0 heteroatoms. The van der Waals surface area contributed by atoms with Crippen molar-refractivity contribution in [2.24, 2.45) is 34.5 Å². The lowest BCUT2D eigenvalue weighted by atomic mass is 9.47. The van der Waals surface area contributed by atoms with E-state index >= 15 is 0 Å².